The van der Waals surface area contributed by atoms with Crippen molar-refractivity contribution in [3.8, 4) is 0 Å². The van der Waals surface area contributed by atoms with Crippen molar-refractivity contribution in [1.29, 1.82) is 0 Å². The van der Waals surface area contributed by atoms with Gasteiger partial charge in [-0.25, -0.2) is 0 Å². The first kappa shape index (κ1) is 16.0. The van der Waals surface area contributed by atoms with Gasteiger partial charge in [0, 0.05) is 6.92 Å². The molecule has 4 aliphatic carbocycles. The van der Waals surface area contributed by atoms with Gasteiger partial charge in [0.15, 0.2) is 0 Å². The maximum absolute atomic E-state index is 11.4. The molecule has 2 heteroatoms. The summed E-state index contributed by atoms with van der Waals surface area (Å²) in [7, 11) is 0. The van der Waals surface area contributed by atoms with Crippen molar-refractivity contribution in [2.45, 2.75) is 91.1 Å². The molecule has 4 aliphatic rings. The number of hydrogen-bond acceptors (Lipinski definition) is 2. The number of carbonyl (C=O) groups is 1. The lowest BCUT2D eigenvalue weighted by atomic mass is 9.45. The first-order chi connectivity index (χ1) is 10.9. The maximum atomic E-state index is 11.4. The first-order valence-corrected chi connectivity index (χ1v) is 10.1. The molecule has 130 valence electrons. The predicted molar refractivity (Wildman–Crippen MR) is 91.9 cm³/mol. The molecular weight excluding hydrogens is 284 g/mol. The number of carbonyl (C=O) groups excluding carboxylic acids is 1. The summed E-state index contributed by atoms with van der Waals surface area (Å²) in [4.78, 5) is 11.4. The molecule has 4 saturated carbocycles. The third kappa shape index (κ3) is 2.46. The zero-order valence-electron chi connectivity index (χ0n) is 15.3. The largest absolute Gasteiger partial charge is 0.463 e. The Balaban J connectivity index is 1.57. The molecule has 23 heavy (non-hydrogen) atoms. The molecule has 0 saturated heterocycles. The molecule has 0 unspecified atom stereocenters. The van der Waals surface area contributed by atoms with Gasteiger partial charge in [0.1, 0.15) is 6.10 Å². The summed E-state index contributed by atoms with van der Waals surface area (Å²) in [5.41, 5.74) is 1.04. The van der Waals surface area contributed by atoms with Crippen molar-refractivity contribution in [2.75, 3.05) is 0 Å². The van der Waals surface area contributed by atoms with Crippen LogP contribution in [0.3, 0.4) is 0 Å². The molecule has 2 nitrogen and oxygen atoms in total. The second kappa shape index (κ2) is 5.49. The zero-order valence-corrected chi connectivity index (χ0v) is 15.3. The van der Waals surface area contributed by atoms with E-state index in [9.17, 15) is 4.79 Å². The SMILES string of the molecule is CC(=O)O[C@@H]1C[C@H]2[C@@H]3CC[C@H]4CCCC[C@]4(C)[C@H]3CC[C@]2(C)C1. The van der Waals surface area contributed by atoms with Gasteiger partial charge in [-0.15, -0.1) is 0 Å². The fourth-order valence-electron chi connectivity index (χ4n) is 7.61. The van der Waals surface area contributed by atoms with E-state index in [0.717, 1.165) is 36.5 Å². The predicted octanol–water partition coefficient (Wildman–Crippen LogP) is 5.35. The summed E-state index contributed by atoms with van der Waals surface area (Å²) >= 11 is 0. The molecule has 0 aromatic carbocycles. The summed E-state index contributed by atoms with van der Waals surface area (Å²) in [6.45, 7) is 6.70. The van der Waals surface area contributed by atoms with Gasteiger partial charge in [-0.05, 0) is 85.9 Å². The van der Waals surface area contributed by atoms with Gasteiger partial charge in [0.05, 0.1) is 0 Å². The van der Waals surface area contributed by atoms with Crippen molar-refractivity contribution in [2.24, 2.45) is 34.5 Å². The van der Waals surface area contributed by atoms with Gasteiger partial charge in [-0.1, -0.05) is 26.7 Å². The van der Waals surface area contributed by atoms with E-state index in [1.807, 2.05) is 0 Å². The molecule has 0 aromatic rings. The van der Waals surface area contributed by atoms with Gasteiger partial charge in [0.2, 0.25) is 0 Å². The molecule has 0 aromatic heterocycles. The van der Waals surface area contributed by atoms with Crippen molar-refractivity contribution in [1.82, 2.24) is 0 Å². The number of fused-ring (bicyclic) bond motifs is 5. The summed E-state index contributed by atoms with van der Waals surface area (Å²) in [5, 5.41) is 0. The molecule has 0 bridgehead atoms. The molecule has 0 heterocycles. The summed E-state index contributed by atoms with van der Waals surface area (Å²) in [5.74, 6) is 3.54. The van der Waals surface area contributed by atoms with E-state index in [1.165, 1.54) is 51.4 Å². The third-order valence-corrected chi connectivity index (χ3v) is 8.64. The average Bonchev–Trinajstić information content (AvgIpc) is 2.81. The van der Waals surface area contributed by atoms with E-state index in [-0.39, 0.29) is 12.1 Å². The van der Waals surface area contributed by atoms with E-state index in [1.54, 1.807) is 6.92 Å². The van der Waals surface area contributed by atoms with Crippen LogP contribution in [0.5, 0.6) is 0 Å². The van der Waals surface area contributed by atoms with Crippen molar-refractivity contribution in [3.63, 3.8) is 0 Å². The number of hydrogen-bond donors (Lipinski definition) is 0. The van der Waals surface area contributed by atoms with Gasteiger partial charge < -0.3 is 4.74 Å². The summed E-state index contributed by atoms with van der Waals surface area (Å²) < 4.78 is 5.64. The van der Waals surface area contributed by atoms with E-state index in [0.29, 0.717) is 10.8 Å². The lowest BCUT2D eigenvalue weighted by molar-refractivity contribution is -0.146. The van der Waals surface area contributed by atoms with E-state index in [2.05, 4.69) is 13.8 Å². The summed E-state index contributed by atoms with van der Waals surface area (Å²) in [6.07, 6.45) is 14.0. The Labute approximate surface area is 141 Å². The minimum Gasteiger partial charge on any atom is -0.463 e. The molecule has 7 atom stereocenters. The first-order valence-electron chi connectivity index (χ1n) is 10.1. The van der Waals surface area contributed by atoms with Crippen LogP contribution in [0.1, 0.15) is 85.0 Å². The maximum Gasteiger partial charge on any atom is 0.302 e. The minimum absolute atomic E-state index is 0.0863. The minimum atomic E-state index is -0.0863. The third-order valence-electron chi connectivity index (χ3n) is 8.64. The number of rotatable bonds is 1. The molecule has 0 spiro atoms. The van der Waals surface area contributed by atoms with Gasteiger partial charge in [-0.3, -0.25) is 4.79 Å². The van der Waals surface area contributed by atoms with Crippen molar-refractivity contribution >= 4 is 5.97 Å². The molecule has 4 rings (SSSR count). The Bertz CT molecular complexity index is 486. The van der Waals surface area contributed by atoms with Crippen LogP contribution in [0.4, 0.5) is 0 Å². The molecular formula is C21H34O2. The Morgan fingerprint density at radius 1 is 1.00 bits per heavy atom. The van der Waals surface area contributed by atoms with Crippen molar-refractivity contribution < 1.29 is 9.53 Å². The topological polar surface area (TPSA) is 26.3 Å². The molecule has 0 aliphatic heterocycles. The monoisotopic (exact) mass is 318 g/mol. The Kier molecular flexibility index (Phi) is 3.81. The van der Waals surface area contributed by atoms with Crippen LogP contribution in [0, 0.1) is 34.5 Å². The normalized spacial score (nSPS) is 52.2. The fraction of sp³-hybridized carbons (Fsp3) is 0.952. The number of ether oxygens (including phenoxy) is 1. The van der Waals surface area contributed by atoms with Crippen LogP contribution in [-0.2, 0) is 9.53 Å². The molecule has 0 radical (unpaired) electrons. The molecule has 0 N–H and O–H groups in total. The second-order valence-electron chi connectivity index (χ2n) is 9.77. The van der Waals surface area contributed by atoms with Crippen LogP contribution in [0.2, 0.25) is 0 Å². The van der Waals surface area contributed by atoms with Gasteiger partial charge >= 0.3 is 5.97 Å². The van der Waals surface area contributed by atoms with E-state index in [4.69, 9.17) is 4.74 Å². The smallest absolute Gasteiger partial charge is 0.302 e. The van der Waals surface area contributed by atoms with E-state index >= 15 is 0 Å². The fourth-order valence-corrected chi connectivity index (χ4v) is 7.61. The quantitative estimate of drug-likeness (QED) is 0.609. The van der Waals surface area contributed by atoms with Crippen LogP contribution in [0.25, 0.3) is 0 Å². The second-order valence-corrected chi connectivity index (χ2v) is 9.77. The standard InChI is InChI=1S/C21H34O2/c1-14(22)23-16-12-19-17-8-7-15-6-4-5-10-21(15,3)18(17)9-11-20(19,2)13-16/h15-19H,4-13H2,1-3H3/t15-,16-,17-,18+,19+,20-,21+/m1/s1. The highest BCUT2D eigenvalue weighted by Gasteiger charge is 2.59. The zero-order chi connectivity index (χ0) is 16.2. The lowest BCUT2D eigenvalue weighted by Crippen LogP contribution is -2.51. The van der Waals surface area contributed by atoms with E-state index < -0.39 is 0 Å². The Morgan fingerprint density at radius 2 is 1.83 bits per heavy atom. The Morgan fingerprint density at radius 3 is 2.61 bits per heavy atom. The average molecular weight is 319 g/mol. The summed E-state index contributed by atoms with van der Waals surface area (Å²) in [6, 6.07) is 0. The van der Waals surface area contributed by atoms with Crippen LogP contribution >= 0.6 is 0 Å². The van der Waals surface area contributed by atoms with Crippen molar-refractivity contribution in [3.05, 3.63) is 0 Å². The van der Waals surface area contributed by atoms with Crippen LogP contribution in [-0.4, -0.2) is 12.1 Å². The van der Waals surface area contributed by atoms with Crippen LogP contribution < -0.4 is 0 Å². The Hall–Kier alpha value is -0.530. The van der Waals surface area contributed by atoms with Gasteiger partial charge in [0.25, 0.3) is 0 Å². The van der Waals surface area contributed by atoms with Crippen LogP contribution in [0.15, 0.2) is 0 Å². The highest BCUT2D eigenvalue weighted by atomic mass is 16.5. The highest BCUT2D eigenvalue weighted by molar-refractivity contribution is 5.66. The number of esters is 1. The van der Waals surface area contributed by atoms with Gasteiger partial charge in [-0.2, -0.15) is 0 Å². The lowest BCUT2D eigenvalue weighted by Gasteiger charge is -2.59. The molecule has 4 fully saturated rings. The molecule has 0 amide bonds. The highest BCUT2D eigenvalue weighted by Crippen LogP contribution is 2.66.